The van der Waals surface area contributed by atoms with Crippen LogP contribution in [0.2, 0.25) is 0 Å². The molecule has 3 fully saturated rings. The molecule has 0 aliphatic carbocycles. The van der Waals surface area contributed by atoms with Gasteiger partial charge in [0.1, 0.15) is 6.04 Å². The van der Waals surface area contributed by atoms with Gasteiger partial charge in [-0.2, -0.15) is 26.3 Å². The topological polar surface area (TPSA) is 106 Å². The zero-order chi connectivity index (χ0) is 34.0. The number of esters is 1. The van der Waals surface area contributed by atoms with Crippen LogP contribution in [0.25, 0.3) is 0 Å². The summed E-state index contributed by atoms with van der Waals surface area (Å²) >= 11 is 0. The summed E-state index contributed by atoms with van der Waals surface area (Å²) in [5.74, 6) is -0.780. The summed E-state index contributed by atoms with van der Waals surface area (Å²) in [6.45, 7) is 0.898. The summed E-state index contributed by atoms with van der Waals surface area (Å²) in [5.41, 5.74) is -4.86. The number of hydrogen-bond acceptors (Lipinski definition) is 7. The molecule has 2 amide bonds. The molecule has 3 aliphatic heterocycles. The molecule has 3 heterocycles. The highest BCUT2D eigenvalue weighted by molar-refractivity contribution is 5.80. The Morgan fingerprint density at radius 1 is 0.979 bits per heavy atom. The molecule has 4 atom stereocenters. The highest BCUT2D eigenvalue weighted by atomic mass is 19.4. The second kappa shape index (κ2) is 13.3. The number of carbonyl (C=O) groups is 3. The van der Waals surface area contributed by atoms with Crippen LogP contribution >= 0.6 is 0 Å². The molecule has 2 aromatic carbocycles. The lowest BCUT2D eigenvalue weighted by Gasteiger charge is -2.52. The third-order valence-corrected chi connectivity index (χ3v) is 9.14. The average Bonchev–Trinajstić information content (AvgIpc) is 3.70. The fourth-order valence-electron chi connectivity index (χ4n) is 6.49. The van der Waals surface area contributed by atoms with Crippen molar-refractivity contribution in [2.45, 2.75) is 81.0 Å². The van der Waals surface area contributed by atoms with Crippen LogP contribution in [0, 0.1) is 0 Å². The highest BCUT2D eigenvalue weighted by Crippen LogP contribution is 2.45. The minimum absolute atomic E-state index is 0.0376. The minimum Gasteiger partial charge on any atom is -0.427 e. The molecule has 256 valence electrons. The van der Waals surface area contributed by atoms with E-state index >= 15 is 0 Å². The maximum Gasteiger partial charge on any atom is 0.416 e. The Morgan fingerprint density at radius 3 is 2.23 bits per heavy atom. The van der Waals surface area contributed by atoms with Gasteiger partial charge < -0.3 is 24.8 Å². The largest absolute Gasteiger partial charge is 0.427 e. The lowest BCUT2D eigenvalue weighted by atomic mass is 9.74. The number of piperidine rings is 1. The van der Waals surface area contributed by atoms with Gasteiger partial charge in [-0.05, 0) is 74.9 Å². The van der Waals surface area contributed by atoms with E-state index in [1.165, 1.54) is 11.8 Å². The molecule has 3 aliphatic rings. The highest BCUT2D eigenvalue weighted by Gasteiger charge is 2.54. The summed E-state index contributed by atoms with van der Waals surface area (Å²) in [4.78, 5) is 39.8. The number of halogens is 6. The maximum absolute atomic E-state index is 13.8. The molecule has 2 aromatic rings. The van der Waals surface area contributed by atoms with Crippen LogP contribution < -0.4 is 10.6 Å². The molecule has 47 heavy (non-hydrogen) atoms. The molecular weight excluding hydrogens is 636 g/mol. The second-order valence-electron chi connectivity index (χ2n) is 12.2. The number of carbonyl (C=O) groups excluding carboxylic acids is 3. The summed E-state index contributed by atoms with van der Waals surface area (Å²) < 4.78 is 98.1. The maximum atomic E-state index is 13.8. The third kappa shape index (κ3) is 7.67. The Labute approximate surface area is 266 Å². The van der Waals surface area contributed by atoms with Crippen molar-refractivity contribution in [1.82, 2.24) is 15.5 Å². The van der Waals surface area contributed by atoms with Crippen molar-refractivity contribution < 1.29 is 54.9 Å². The van der Waals surface area contributed by atoms with Gasteiger partial charge in [0.15, 0.2) is 0 Å². The minimum atomic E-state index is -5.04. The van der Waals surface area contributed by atoms with E-state index < -0.39 is 65.6 Å². The number of amides is 2. The number of alkyl halides is 6. The summed E-state index contributed by atoms with van der Waals surface area (Å²) in [6, 6.07) is 9.35. The molecule has 0 saturated carbocycles. The number of likely N-dealkylation sites (tertiary alicyclic amines) is 1. The van der Waals surface area contributed by atoms with E-state index in [1.54, 1.807) is 30.3 Å². The van der Waals surface area contributed by atoms with Crippen molar-refractivity contribution >= 4 is 18.0 Å². The number of nitrogens with zero attached hydrogens (tertiary/aromatic N) is 1. The fraction of sp³-hybridized carbons (Fsp3) is 0.531. The van der Waals surface area contributed by atoms with E-state index in [1.807, 2.05) is 0 Å². The van der Waals surface area contributed by atoms with Crippen LogP contribution in [-0.4, -0.2) is 60.9 Å². The Hall–Kier alpha value is -3.85. The number of benzene rings is 2. The smallest absolute Gasteiger partial charge is 0.416 e. The first kappa shape index (κ1) is 34.5. The van der Waals surface area contributed by atoms with Gasteiger partial charge in [-0.1, -0.05) is 30.3 Å². The Bertz CT molecular complexity index is 1430. The van der Waals surface area contributed by atoms with Crippen LogP contribution in [0.3, 0.4) is 0 Å². The van der Waals surface area contributed by atoms with Gasteiger partial charge in [0.2, 0.25) is 12.7 Å². The number of nitrogens with one attached hydrogen (secondary N) is 2. The molecule has 0 aromatic heterocycles. The van der Waals surface area contributed by atoms with Gasteiger partial charge in [-0.3, -0.25) is 14.5 Å². The van der Waals surface area contributed by atoms with E-state index in [-0.39, 0.29) is 43.5 Å². The second-order valence-corrected chi connectivity index (χ2v) is 12.2. The van der Waals surface area contributed by atoms with Crippen molar-refractivity contribution in [3.63, 3.8) is 0 Å². The van der Waals surface area contributed by atoms with Crippen LogP contribution in [0.1, 0.15) is 73.8 Å². The number of hydrogen-bond donors (Lipinski definition) is 2. The first-order valence-corrected chi connectivity index (χ1v) is 15.2. The van der Waals surface area contributed by atoms with Gasteiger partial charge in [0.25, 0.3) is 0 Å². The van der Waals surface area contributed by atoms with E-state index in [9.17, 15) is 40.7 Å². The molecule has 5 rings (SSSR count). The van der Waals surface area contributed by atoms with Gasteiger partial charge in [-0.25, -0.2) is 4.79 Å². The standard InChI is InChI=1S/C32H35F6N3O6/c1-20(21-14-23(31(33,34)35)16-24(15-21)32(36,37)38)45-18-30(22-6-3-2-4-7-22)12-11-29(10-9-26(42)40-29)17-41(30)28(44)47-19-46-27(43)25-8-5-13-39-25/h2-4,6-7,14-16,20,25,39H,5,8-13,17-19H2,1H3,(H,40,42)/t20-,25?,29-,30-/m1/s1. The Morgan fingerprint density at radius 2 is 1.66 bits per heavy atom. The summed E-state index contributed by atoms with van der Waals surface area (Å²) in [6.07, 6.45) is -9.65. The predicted octanol–water partition coefficient (Wildman–Crippen LogP) is 5.83. The predicted molar refractivity (Wildman–Crippen MR) is 153 cm³/mol. The Kier molecular flexibility index (Phi) is 9.79. The van der Waals surface area contributed by atoms with Gasteiger partial charge in [-0.15, -0.1) is 0 Å². The van der Waals surface area contributed by atoms with Crippen LogP contribution in [0.5, 0.6) is 0 Å². The summed E-state index contributed by atoms with van der Waals surface area (Å²) in [5, 5.41) is 5.94. The zero-order valence-corrected chi connectivity index (χ0v) is 25.5. The van der Waals surface area contributed by atoms with E-state index in [0.717, 1.165) is 6.42 Å². The molecule has 0 bridgehead atoms. The van der Waals surface area contributed by atoms with Gasteiger partial charge in [0, 0.05) is 13.0 Å². The molecule has 1 unspecified atom stereocenters. The van der Waals surface area contributed by atoms with Crippen molar-refractivity contribution in [2.75, 3.05) is 26.5 Å². The first-order chi connectivity index (χ1) is 22.1. The zero-order valence-electron chi connectivity index (χ0n) is 25.5. The molecule has 0 radical (unpaired) electrons. The van der Waals surface area contributed by atoms with E-state index in [4.69, 9.17) is 14.2 Å². The van der Waals surface area contributed by atoms with E-state index in [0.29, 0.717) is 43.5 Å². The van der Waals surface area contributed by atoms with Crippen LogP contribution in [-0.2, 0) is 41.7 Å². The average molecular weight is 672 g/mol. The molecule has 2 N–H and O–H groups in total. The van der Waals surface area contributed by atoms with Gasteiger partial charge >= 0.3 is 24.4 Å². The van der Waals surface area contributed by atoms with Crippen molar-refractivity contribution in [1.29, 1.82) is 0 Å². The molecular formula is C32H35F6N3O6. The van der Waals surface area contributed by atoms with E-state index in [2.05, 4.69) is 10.6 Å². The van der Waals surface area contributed by atoms with Crippen molar-refractivity contribution in [3.8, 4) is 0 Å². The van der Waals surface area contributed by atoms with Crippen molar-refractivity contribution in [2.24, 2.45) is 0 Å². The fourth-order valence-corrected chi connectivity index (χ4v) is 6.49. The van der Waals surface area contributed by atoms with Crippen molar-refractivity contribution in [3.05, 3.63) is 70.8 Å². The summed E-state index contributed by atoms with van der Waals surface area (Å²) in [7, 11) is 0. The SMILES string of the molecule is C[C@@H](OC[C@@]1(c2ccccc2)CC[C@]2(CCC(=O)N2)CN1C(=O)OCOC(=O)C1CCCN1)c1cc(C(F)(F)F)cc(C(F)(F)F)c1. The monoisotopic (exact) mass is 671 g/mol. The number of ether oxygens (including phenoxy) is 3. The first-order valence-electron chi connectivity index (χ1n) is 15.2. The molecule has 15 heteroatoms. The quantitative estimate of drug-likeness (QED) is 0.207. The van der Waals surface area contributed by atoms with Crippen LogP contribution in [0.15, 0.2) is 48.5 Å². The molecule has 3 saturated heterocycles. The normalized spacial score (nSPS) is 25.5. The molecule has 1 spiro atoms. The Balaban J connectivity index is 1.44. The molecule has 9 nitrogen and oxygen atoms in total. The van der Waals surface area contributed by atoms with Gasteiger partial charge in [0.05, 0.1) is 34.9 Å². The lowest BCUT2D eigenvalue weighted by molar-refractivity contribution is -0.156. The lowest BCUT2D eigenvalue weighted by Crippen LogP contribution is -2.65. The van der Waals surface area contributed by atoms with Crippen LogP contribution in [0.4, 0.5) is 31.1 Å². The number of rotatable bonds is 8. The third-order valence-electron chi connectivity index (χ3n) is 9.14.